The average Bonchev–Trinajstić information content (AvgIpc) is 2.95. The summed E-state index contributed by atoms with van der Waals surface area (Å²) in [5.41, 5.74) is 1.28. The fourth-order valence-corrected chi connectivity index (χ4v) is 4.34. The normalized spacial score (nSPS) is 11.2. The molecule has 0 saturated heterocycles. The highest BCUT2D eigenvalue weighted by Gasteiger charge is 2.33. The number of hydrogen-bond acceptors (Lipinski definition) is 4. The Bertz CT molecular complexity index is 1780. The van der Waals surface area contributed by atoms with Crippen LogP contribution in [0.2, 0.25) is 5.02 Å². The van der Waals surface area contributed by atoms with E-state index in [1.54, 1.807) is 72.9 Å². The first kappa shape index (κ1) is 27.7. The van der Waals surface area contributed by atoms with Gasteiger partial charge in [-0.05, 0) is 67.1 Å². The van der Waals surface area contributed by atoms with Gasteiger partial charge in [0.05, 0.1) is 21.8 Å². The zero-order valence-corrected chi connectivity index (χ0v) is 22.2. The number of aromatic nitrogens is 1. The molecular weight excluding hydrogens is 555 g/mol. The van der Waals surface area contributed by atoms with Crippen molar-refractivity contribution in [1.29, 1.82) is 0 Å². The van der Waals surface area contributed by atoms with Gasteiger partial charge in [0.15, 0.2) is 0 Å². The number of fused-ring (bicyclic) bond motifs is 1. The molecule has 0 aliphatic carbocycles. The number of pyridine rings is 1. The van der Waals surface area contributed by atoms with Crippen LogP contribution in [0.3, 0.4) is 0 Å². The molecule has 5 aromatic rings. The zero-order valence-electron chi connectivity index (χ0n) is 21.4. The molecule has 0 bridgehead atoms. The molecular formula is C31H21ClF3N3O3. The van der Waals surface area contributed by atoms with Gasteiger partial charge in [-0.3, -0.25) is 14.6 Å². The van der Waals surface area contributed by atoms with Gasteiger partial charge in [-0.1, -0.05) is 41.9 Å². The lowest BCUT2D eigenvalue weighted by atomic mass is 10.1. The number of rotatable bonds is 6. The number of para-hydroxylation sites is 1. The van der Waals surface area contributed by atoms with E-state index < -0.39 is 22.7 Å². The summed E-state index contributed by atoms with van der Waals surface area (Å²) in [5.74, 6) is -0.172. The minimum atomic E-state index is -4.70. The van der Waals surface area contributed by atoms with Gasteiger partial charge in [-0.15, -0.1) is 0 Å². The maximum Gasteiger partial charge on any atom is 0.417 e. The summed E-state index contributed by atoms with van der Waals surface area (Å²) in [6.45, 7) is 1.81. The van der Waals surface area contributed by atoms with Crippen LogP contribution in [-0.2, 0) is 6.18 Å². The number of ether oxygens (including phenoxy) is 1. The van der Waals surface area contributed by atoms with Crippen LogP contribution in [0.1, 0.15) is 31.8 Å². The second-order valence-electron chi connectivity index (χ2n) is 9.06. The second kappa shape index (κ2) is 11.3. The highest BCUT2D eigenvalue weighted by Crippen LogP contribution is 2.36. The number of hydrogen-bond donors (Lipinski definition) is 2. The molecule has 2 N–H and O–H groups in total. The van der Waals surface area contributed by atoms with Crippen molar-refractivity contribution in [1.82, 2.24) is 4.98 Å². The van der Waals surface area contributed by atoms with E-state index in [9.17, 15) is 22.8 Å². The van der Waals surface area contributed by atoms with Gasteiger partial charge in [0.1, 0.15) is 11.5 Å². The third kappa shape index (κ3) is 6.15. The Morgan fingerprint density at radius 2 is 1.56 bits per heavy atom. The molecule has 1 heterocycles. The Labute approximate surface area is 237 Å². The predicted octanol–water partition coefficient (Wildman–Crippen LogP) is 8.51. The first-order valence-corrected chi connectivity index (χ1v) is 12.7. The summed E-state index contributed by atoms with van der Waals surface area (Å²) in [7, 11) is 0. The second-order valence-corrected chi connectivity index (χ2v) is 9.47. The quantitative estimate of drug-likeness (QED) is 0.213. The van der Waals surface area contributed by atoms with Crippen molar-refractivity contribution >= 4 is 45.7 Å². The number of alkyl halides is 3. The van der Waals surface area contributed by atoms with E-state index in [1.807, 2.05) is 13.0 Å². The summed E-state index contributed by atoms with van der Waals surface area (Å²) < 4.78 is 45.9. The molecule has 0 spiro atoms. The van der Waals surface area contributed by atoms with E-state index in [0.29, 0.717) is 45.4 Å². The molecule has 0 fully saturated rings. The van der Waals surface area contributed by atoms with E-state index in [4.69, 9.17) is 16.3 Å². The lowest BCUT2D eigenvalue weighted by molar-refractivity contribution is -0.137. The highest BCUT2D eigenvalue weighted by atomic mass is 35.5. The summed E-state index contributed by atoms with van der Waals surface area (Å²) >= 11 is 5.67. The largest absolute Gasteiger partial charge is 0.456 e. The minimum absolute atomic E-state index is 0.199. The monoisotopic (exact) mass is 575 g/mol. The van der Waals surface area contributed by atoms with E-state index >= 15 is 0 Å². The SMILES string of the molecule is Cc1ccc(NC(=O)c2ccc(Cl)c(C(F)(F)F)c2)cc1Oc1ccnc2c(NC(=O)c3ccccc3)cccc12. The summed E-state index contributed by atoms with van der Waals surface area (Å²) in [6, 6.07) is 23.6. The van der Waals surface area contributed by atoms with E-state index in [0.717, 1.165) is 11.6 Å². The summed E-state index contributed by atoms with van der Waals surface area (Å²) in [5, 5.41) is 5.63. The van der Waals surface area contributed by atoms with Crippen molar-refractivity contribution in [3.05, 3.63) is 124 Å². The first-order valence-electron chi connectivity index (χ1n) is 12.3. The molecule has 0 radical (unpaired) electrons. The Morgan fingerprint density at radius 1 is 0.805 bits per heavy atom. The van der Waals surface area contributed by atoms with Gasteiger partial charge < -0.3 is 15.4 Å². The lowest BCUT2D eigenvalue weighted by Crippen LogP contribution is -2.14. The first-order chi connectivity index (χ1) is 19.6. The number of nitrogens with one attached hydrogen (secondary N) is 2. The number of carbonyl (C=O) groups excluding carboxylic acids is 2. The maximum absolute atomic E-state index is 13.2. The number of benzene rings is 4. The molecule has 0 atom stereocenters. The molecule has 0 aliphatic rings. The van der Waals surface area contributed by atoms with Gasteiger partial charge in [-0.25, -0.2) is 0 Å². The van der Waals surface area contributed by atoms with Crippen molar-refractivity contribution in [2.24, 2.45) is 0 Å². The molecule has 0 saturated carbocycles. The van der Waals surface area contributed by atoms with Gasteiger partial charge >= 0.3 is 6.18 Å². The number of amides is 2. The number of aryl methyl sites for hydroxylation is 1. The molecule has 41 heavy (non-hydrogen) atoms. The molecule has 4 aromatic carbocycles. The van der Waals surface area contributed by atoms with Crippen LogP contribution in [-0.4, -0.2) is 16.8 Å². The number of nitrogens with zero attached hydrogens (tertiary/aromatic N) is 1. The Morgan fingerprint density at radius 3 is 2.32 bits per heavy atom. The number of anilines is 2. The standard InChI is InChI=1S/C31H21ClF3N3O3/c1-18-10-12-21(37-30(40)20-11-13-24(32)23(16-20)31(33,34)35)17-27(18)41-26-14-15-36-28-22(26)8-5-9-25(28)38-29(39)19-6-3-2-4-7-19/h2-17H,1H3,(H,37,40)(H,38,39). The number of halogens is 4. The number of carbonyl (C=O) groups is 2. The molecule has 6 nitrogen and oxygen atoms in total. The van der Waals surface area contributed by atoms with Crippen molar-refractivity contribution in [2.45, 2.75) is 13.1 Å². The minimum Gasteiger partial charge on any atom is -0.456 e. The summed E-state index contributed by atoms with van der Waals surface area (Å²) in [6.07, 6.45) is -3.15. The van der Waals surface area contributed by atoms with Crippen LogP contribution < -0.4 is 15.4 Å². The van der Waals surface area contributed by atoms with Crippen LogP contribution >= 0.6 is 11.6 Å². The van der Waals surface area contributed by atoms with Crippen molar-refractivity contribution < 1.29 is 27.5 Å². The highest BCUT2D eigenvalue weighted by molar-refractivity contribution is 6.31. The maximum atomic E-state index is 13.2. The van der Waals surface area contributed by atoms with Gasteiger partial charge in [0.25, 0.3) is 11.8 Å². The van der Waals surface area contributed by atoms with Crippen LogP contribution in [0, 0.1) is 6.92 Å². The van der Waals surface area contributed by atoms with Crippen molar-refractivity contribution in [3.63, 3.8) is 0 Å². The lowest BCUT2D eigenvalue weighted by Gasteiger charge is -2.15. The Hall–Kier alpha value is -4.89. The smallest absolute Gasteiger partial charge is 0.417 e. The molecule has 5 rings (SSSR count). The molecule has 0 unspecified atom stereocenters. The fraction of sp³-hybridized carbons (Fsp3) is 0.0645. The Kier molecular flexibility index (Phi) is 7.63. The van der Waals surface area contributed by atoms with Crippen molar-refractivity contribution in [3.8, 4) is 11.5 Å². The molecule has 1 aromatic heterocycles. The van der Waals surface area contributed by atoms with Crippen LogP contribution in [0.4, 0.5) is 24.5 Å². The molecule has 10 heteroatoms. The van der Waals surface area contributed by atoms with Crippen molar-refractivity contribution in [2.75, 3.05) is 10.6 Å². The van der Waals surface area contributed by atoms with Gasteiger partial charge in [-0.2, -0.15) is 13.2 Å². The average molecular weight is 576 g/mol. The fourth-order valence-electron chi connectivity index (χ4n) is 4.12. The van der Waals surface area contributed by atoms with Crippen LogP contribution in [0.15, 0.2) is 97.2 Å². The molecule has 2 amide bonds. The van der Waals surface area contributed by atoms with E-state index in [-0.39, 0.29) is 11.5 Å². The third-order valence-corrected chi connectivity index (χ3v) is 6.54. The molecule has 0 aliphatic heterocycles. The van der Waals surface area contributed by atoms with Gasteiger partial charge in [0, 0.05) is 34.5 Å². The van der Waals surface area contributed by atoms with E-state index in [2.05, 4.69) is 15.6 Å². The Balaban J connectivity index is 1.40. The predicted molar refractivity (Wildman–Crippen MR) is 152 cm³/mol. The third-order valence-electron chi connectivity index (χ3n) is 6.22. The zero-order chi connectivity index (χ0) is 29.1. The summed E-state index contributed by atoms with van der Waals surface area (Å²) in [4.78, 5) is 29.9. The molecule has 206 valence electrons. The van der Waals surface area contributed by atoms with Crippen LogP contribution in [0.5, 0.6) is 11.5 Å². The van der Waals surface area contributed by atoms with Gasteiger partial charge in [0.2, 0.25) is 0 Å². The van der Waals surface area contributed by atoms with Crippen LogP contribution in [0.25, 0.3) is 10.9 Å². The van der Waals surface area contributed by atoms with E-state index in [1.165, 1.54) is 6.07 Å². The topological polar surface area (TPSA) is 80.3 Å².